The lowest BCUT2D eigenvalue weighted by molar-refractivity contribution is -0.116. The van der Waals surface area contributed by atoms with E-state index in [-0.39, 0.29) is 18.7 Å². The summed E-state index contributed by atoms with van der Waals surface area (Å²) in [7, 11) is 0. The van der Waals surface area contributed by atoms with Gasteiger partial charge in [0.1, 0.15) is 0 Å². The van der Waals surface area contributed by atoms with Crippen LogP contribution >= 0.6 is 0 Å². The Morgan fingerprint density at radius 3 is 2.71 bits per heavy atom. The summed E-state index contributed by atoms with van der Waals surface area (Å²) >= 11 is 0. The highest BCUT2D eigenvalue weighted by Crippen LogP contribution is 2.34. The average molecular weight is 384 g/mol. The number of nitrogens with one attached hydrogen (secondary N) is 1. The molecule has 1 N–H and O–H groups in total. The summed E-state index contributed by atoms with van der Waals surface area (Å²) < 4.78 is 15.6. The van der Waals surface area contributed by atoms with Gasteiger partial charge >= 0.3 is 5.97 Å². The molecule has 0 bridgehead atoms. The smallest absolute Gasteiger partial charge is 0.338 e. The van der Waals surface area contributed by atoms with E-state index in [0.29, 0.717) is 48.9 Å². The van der Waals surface area contributed by atoms with Crippen molar-refractivity contribution in [3.63, 3.8) is 0 Å². The monoisotopic (exact) mass is 384 g/mol. The Bertz CT molecular complexity index is 852. The summed E-state index contributed by atoms with van der Waals surface area (Å²) in [6.45, 7) is 5.55. The number of esters is 1. The molecule has 1 aliphatic heterocycles. The molecule has 2 aromatic rings. The fourth-order valence-corrected chi connectivity index (χ4v) is 2.95. The van der Waals surface area contributed by atoms with Crippen LogP contribution in [0, 0.1) is 0 Å². The summed E-state index contributed by atoms with van der Waals surface area (Å²) in [5, 5.41) is 2.87. The maximum absolute atomic E-state index is 12.3. The molecule has 28 heavy (non-hydrogen) atoms. The number of carbonyl (C=O) groups excluding carboxylic acids is 2. The molecular formula is C21H24N2O5. The Balaban J connectivity index is 1.58. The molecule has 0 saturated carbocycles. The number of hydrogen-bond acceptors (Lipinski definition) is 6. The topological polar surface area (TPSA) is 77.1 Å². The lowest BCUT2D eigenvalue weighted by atomic mass is 10.2. The zero-order valence-electron chi connectivity index (χ0n) is 16.1. The van der Waals surface area contributed by atoms with Crippen molar-refractivity contribution in [1.29, 1.82) is 0 Å². The standard InChI is InChI=1S/C21H24N2O5/c1-3-23(17-7-5-6-15(12-17)21(25)26-4-2)11-10-20(24)22-16-8-9-18-19(13-16)28-14-27-18/h5-9,12-13H,3-4,10-11,14H2,1-2H3,(H,22,24). The van der Waals surface area contributed by atoms with Gasteiger partial charge in [-0.05, 0) is 44.2 Å². The van der Waals surface area contributed by atoms with Crippen LogP contribution < -0.4 is 19.7 Å². The number of amides is 1. The summed E-state index contributed by atoms with van der Waals surface area (Å²) in [5.74, 6) is 0.861. The normalized spacial score (nSPS) is 11.8. The van der Waals surface area contributed by atoms with E-state index in [2.05, 4.69) is 5.32 Å². The van der Waals surface area contributed by atoms with E-state index < -0.39 is 0 Å². The highest BCUT2D eigenvalue weighted by atomic mass is 16.7. The van der Waals surface area contributed by atoms with Crippen LogP contribution in [0.2, 0.25) is 0 Å². The maximum atomic E-state index is 12.3. The minimum absolute atomic E-state index is 0.0983. The van der Waals surface area contributed by atoms with Crippen molar-refractivity contribution in [2.45, 2.75) is 20.3 Å². The molecule has 7 nitrogen and oxygen atoms in total. The fourth-order valence-electron chi connectivity index (χ4n) is 2.95. The third-order valence-corrected chi connectivity index (χ3v) is 4.37. The number of benzene rings is 2. The largest absolute Gasteiger partial charge is 0.462 e. The number of carbonyl (C=O) groups is 2. The molecule has 0 saturated heterocycles. The second-order valence-electron chi connectivity index (χ2n) is 6.22. The van der Waals surface area contributed by atoms with E-state index in [9.17, 15) is 9.59 Å². The lowest BCUT2D eigenvalue weighted by Gasteiger charge is -2.23. The molecule has 7 heteroatoms. The van der Waals surface area contributed by atoms with Gasteiger partial charge in [0.2, 0.25) is 12.7 Å². The van der Waals surface area contributed by atoms with Crippen LogP contribution in [0.25, 0.3) is 0 Å². The number of ether oxygens (including phenoxy) is 3. The second-order valence-corrected chi connectivity index (χ2v) is 6.22. The van der Waals surface area contributed by atoms with Crippen molar-refractivity contribution in [3.05, 3.63) is 48.0 Å². The van der Waals surface area contributed by atoms with Gasteiger partial charge in [-0.15, -0.1) is 0 Å². The summed E-state index contributed by atoms with van der Waals surface area (Å²) in [4.78, 5) is 26.3. The summed E-state index contributed by atoms with van der Waals surface area (Å²) in [6.07, 6.45) is 0.311. The molecule has 0 unspecified atom stereocenters. The van der Waals surface area contributed by atoms with E-state index in [0.717, 1.165) is 5.69 Å². The first-order valence-corrected chi connectivity index (χ1v) is 9.32. The van der Waals surface area contributed by atoms with Gasteiger partial charge in [-0.2, -0.15) is 0 Å². The minimum Gasteiger partial charge on any atom is -0.462 e. The number of hydrogen-bond donors (Lipinski definition) is 1. The van der Waals surface area contributed by atoms with E-state index in [1.54, 1.807) is 37.3 Å². The molecule has 0 radical (unpaired) electrons. The molecule has 3 rings (SSSR count). The van der Waals surface area contributed by atoms with Crippen LogP contribution in [0.1, 0.15) is 30.6 Å². The lowest BCUT2D eigenvalue weighted by Crippen LogP contribution is -2.27. The highest BCUT2D eigenvalue weighted by Gasteiger charge is 2.15. The minimum atomic E-state index is -0.346. The number of nitrogens with zero attached hydrogens (tertiary/aromatic N) is 1. The average Bonchev–Trinajstić information content (AvgIpc) is 3.17. The van der Waals surface area contributed by atoms with Gasteiger partial charge in [-0.25, -0.2) is 4.79 Å². The van der Waals surface area contributed by atoms with Crippen LogP contribution in [0.5, 0.6) is 11.5 Å². The fraction of sp³-hybridized carbons (Fsp3) is 0.333. The predicted octanol–water partition coefficient (Wildman–Crippen LogP) is 3.45. The second kappa shape index (κ2) is 9.12. The number of rotatable bonds is 8. The van der Waals surface area contributed by atoms with E-state index in [1.165, 1.54) is 0 Å². The van der Waals surface area contributed by atoms with Crippen molar-refractivity contribution < 1.29 is 23.8 Å². The van der Waals surface area contributed by atoms with Gasteiger partial charge in [0.15, 0.2) is 11.5 Å². The zero-order valence-corrected chi connectivity index (χ0v) is 16.1. The maximum Gasteiger partial charge on any atom is 0.338 e. The Morgan fingerprint density at radius 2 is 1.93 bits per heavy atom. The van der Waals surface area contributed by atoms with Crippen LogP contribution in [-0.2, 0) is 9.53 Å². The van der Waals surface area contributed by atoms with Crippen molar-refractivity contribution in [2.75, 3.05) is 36.7 Å². The quantitative estimate of drug-likeness (QED) is 0.703. The zero-order chi connectivity index (χ0) is 19.9. The Labute approximate surface area is 164 Å². The van der Waals surface area contributed by atoms with Crippen LogP contribution in [0.3, 0.4) is 0 Å². The van der Waals surface area contributed by atoms with Crippen molar-refractivity contribution in [1.82, 2.24) is 0 Å². The van der Waals surface area contributed by atoms with Gasteiger partial charge in [0, 0.05) is 37.0 Å². The van der Waals surface area contributed by atoms with Crippen LogP contribution in [0.15, 0.2) is 42.5 Å². The first kappa shape index (κ1) is 19.5. The number of anilines is 2. The van der Waals surface area contributed by atoms with Gasteiger partial charge in [0.05, 0.1) is 12.2 Å². The molecule has 0 aliphatic carbocycles. The van der Waals surface area contributed by atoms with Crippen LogP contribution in [0.4, 0.5) is 11.4 Å². The van der Waals surface area contributed by atoms with Crippen molar-refractivity contribution >= 4 is 23.3 Å². The molecule has 2 aromatic carbocycles. The highest BCUT2D eigenvalue weighted by molar-refractivity contribution is 5.92. The van der Waals surface area contributed by atoms with Gasteiger partial charge in [-0.1, -0.05) is 6.07 Å². The Kier molecular flexibility index (Phi) is 6.37. The molecule has 0 aromatic heterocycles. The molecule has 148 valence electrons. The summed E-state index contributed by atoms with van der Waals surface area (Å²) in [6, 6.07) is 12.6. The summed E-state index contributed by atoms with van der Waals surface area (Å²) in [5.41, 5.74) is 2.05. The molecule has 0 spiro atoms. The Hall–Kier alpha value is -3.22. The molecule has 1 aliphatic rings. The predicted molar refractivity (Wildman–Crippen MR) is 106 cm³/mol. The molecule has 0 fully saturated rings. The molecular weight excluding hydrogens is 360 g/mol. The van der Waals surface area contributed by atoms with E-state index in [1.807, 2.05) is 24.0 Å². The van der Waals surface area contributed by atoms with Crippen molar-refractivity contribution in [3.8, 4) is 11.5 Å². The molecule has 0 atom stereocenters. The van der Waals surface area contributed by atoms with Gasteiger partial charge < -0.3 is 24.4 Å². The first-order valence-electron chi connectivity index (χ1n) is 9.32. The SMILES string of the molecule is CCOC(=O)c1cccc(N(CC)CCC(=O)Nc2ccc3c(c2)OCO3)c1. The van der Waals surface area contributed by atoms with Gasteiger partial charge in [0.25, 0.3) is 0 Å². The Morgan fingerprint density at radius 1 is 1.11 bits per heavy atom. The molecule has 1 amide bonds. The third kappa shape index (κ3) is 4.73. The molecule has 1 heterocycles. The van der Waals surface area contributed by atoms with Crippen LogP contribution in [-0.4, -0.2) is 38.4 Å². The van der Waals surface area contributed by atoms with Gasteiger partial charge in [-0.3, -0.25) is 4.79 Å². The van der Waals surface area contributed by atoms with Crippen molar-refractivity contribution in [2.24, 2.45) is 0 Å². The third-order valence-electron chi connectivity index (χ3n) is 4.37. The first-order chi connectivity index (χ1) is 13.6. The van der Waals surface area contributed by atoms with E-state index in [4.69, 9.17) is 14.2 Å². The van der Waals surface area contributed by atoms with E-state index >= 15 is 0 Å². The number of fused-ring (bicyclic) bond motifs is 1.